The van der Waals surface area contributed by atoms with Gasteiger partial charge in [0.15, 0.2) is 0 Å². The summed E-state index contributed by atoms with van der Waals surface area (Å²) >= 11 is 0. The molecule has 0 saturated carbocycles. The van der Waals surface area contributed by atoms with Gasteiger partial charge in [0, 0.05) is 6.54 Å². The predicted molar refractivity (Wildman–Crippen MR) is 73.9 cm³/mol. The molecule has 2 nitrogen and oxygen atoms in total. The van der Waals surface area contributed by atoms with Crippen molar-refractivity contribution >= 4 is 6.08 Å². The zero-order chi connectivity index (χ0) is 12.6. The predicted octanol–water partition coefficient (Wildman–Crippen LogP) is 2.53. The minimum atomic E-state index is -1.09. The molecule has 0 amide bonds. The Balaban J connectivity index is 2.35. The van der Waals surface area contributed by atoms with Crippen LogP contribution >= 0.6 is 0 Å². The van der Waals surface area contributed by atoms with Crippen LogP contribution in [0, 0.1) is 0 Å². The first-order valence-electron chi connectivity index (χ1n) is 6.05. The van der Waals surface area contributed by atoms with Gasteiger partial charge in [-0.3, -0.25) is 0 Å². The number of hydrogen-bond acceptors (Lipinski definition) is 2. The second-order valence-electron chi connectivity index (χ2n) is 4.59. The van der Waals surface area contributed by atoms with Crippen LogP contribution in [0.1, 0.15) is 11.1 Å². The molecule has 90 valence electrons. The highest BCUT2D eigenvalue weighted by molar-refractivity contribution is 5.80. The Labute approximate surface area is 106 Å². The summed E-state index contributed by atoms with van der Waals surface area (Å²) < 4.78 is 0. The lowest BCUT2D eigenvalue weighted by molar-refractivity contribution is 0.101. The Kier molecular flexibility index (Phi) is 2.54. The van der Waals surface area contributed by atoms with Gasteiger partial charge in [-0.1, -0.05) is 54.6 Å². The zero-order valence-corrected chi connectivity index (χ0v) is 10.0. The number of aliphatic hydroxyl groups is 1. The van der Waals surface area contributed by atoms with Crippen molar-refractivity contribution in [3.05, 3.63) is 65.7 Å². The van der Waals surface area contributed by atoms with E-state index in [-0.39, 0.29) is 6.54 Å². The second-order valence-corrected chi connectivity index (χ2v) is 4.59. The van der Waals surface area contributed by atoms with E-state index in [2.05, 4.69) is 6.07 Å². The van der Waals surface area contributed by atoms with Crippen molar-refractivity contribution in [2.24, 2.45) is 5.73 Å². The molecule has 0 aliphatic heterocycles. The summed E-state index contributed by atoms with van der Waals surface area (Å²) in [4.78, 5) is 0. The molecule has 0 radical (unpaired) electrons. The number of hydrogen-bond donors (Lipinski definition) is 2. The Hall–Kier alpha value is -1.90. The monoisotopic (exact) mass is 237 g/mol. The maximum absolute atomic E-state index is 10.7. The van der Waals surface area contributed by atoms with E-state index in [1.54, 1.807) is 6.08 Å². The van der Waals surface area contributed by atoms with Crippen molar-refractivity contribution < 1.29 is 5.11 Å². The number of nitrogens with two attached hydrogens (primary N) is 1. The maximum Gasteiger partial charge on any atom is 0.121 e. The standard InChI is InChI=1S/C16H15NO/c17-11-16(18)10-9-12-5-1-2-6-13(12)14-7-3-4-8-15(14)16/h1-10,18H,11,17H2. The third kappa shape index (κ3) is 1.58. The smallest absolute Gasteiger partial charge is 0.121 e. The lowest BCUT2D eigenvalue weighted by Crippen LogP contribution is -2.32. The van der Waals surface area contributed by atoms with Crippen LogP contribution in [-0.4, -0.2) is 11.7 Å². The van der Waals surface area contributed by atoms with E-state index in [9.17, 15) is 5.11 Å². The van der Waals surface area contributed by atoms with Crippen LogP contribution in [0.5, 0.6) is 0 Å². The molecule has 0 spiro atoms. The molecule has 1 aliphatic rings. The molecule has 0 aromatic heterocycles. The van der Waals surface area contributed by atoms with E-state index >= 15 is 0 Å². The minimum absolute atomic E-state index is 0.175. The van der Waals surface area contributed by atoms with Crippen molar-refractivity contribution in [3.63, 3.8) is 0 Å². The van der Waals surface area contributed by atoms with Crippen LogP contribution in [0.3, 0.4) is 0 Å². The molecular weight excluding hydrogens is 222 g/mol. The van der Waals surface area contributed by atoms with Gasteiger partial charge < -0.3 is 10.8 Å². The van der Waals surface area contributed by atoms with Gasteiger partial charge in [-0.25, -0.2) is 0 Å². The van der Waals surface area contributed by atoms with Crippen LogP contribution in [0.25, 0.3) is 17.2 Å². The van der Waals surface area contributed by atoms with Crippen molar-refractivity contribution in [3.8, 4) is 11.1 Å². The lowest BCUT2D eigenvalue weighted by atomic mass is 9.88. The minimum Gasteiger partial charge on any atom is -0.380 e. The molecule has 1 aliphatic carbocycles. The molecule has 0 heterocycles. The molecule has 3 N–H and O–H groups in total. The molecular formula is C16H15NO. The van der Waals surface area contributed by atoms with E-state index in [1.165, 1.54) is 0 Å². The Morgan fingerprint density at radius 1 is 0.944 bits per heavy atom. The molecule has 0 bridgehead atoms. The highest BCUT2D eigenvalue weighted by Crippen LogP contribution is 2.37. The molecule has 18 heavy (non-hydrogen) atoms. The molecule has 2 aromatic carbocycles. The first-order chi connectivity index (χ1) is 8.74. The van der Waals surface area contributed by atoms with Gasteiger partial charge in [0.25, 0.3) is 0 Å². The summed E-state index contributed by atoms with van der Waals surface area (Å²) in [5.41, 5.74) is 8.82. The van der Waals surface area contributed by atoms with Crippen LogP contribution in [0.15, 0.2) is 54.6 Å². The summed E-state index contributed by atoms with van der Waals surface area (Å²) in [7, 11) is 0. The van der Waals surface area contributed by atoms with Gasteiger partial charge >= 0.3 is 0 Å². The molecule has 1 unspecified atom stereocenters. The molecule has 0 fully saturated rings. The molecule has 2 aromatic rings. The molecule has 2 heteroatoms. The number of fused-ring (bicyclic) bond motifs is 3. The Bertz CT molecular complexity index is 618. The summed E-state index contributed by atoms with van der Waals surface area (Å²) in [6, 6.07) is 16.0. The van der Waals surface area contributed by atoms with E-state index in [0.717, 1.165) is 22.3 Å². The largest absolute Gasteiger partial charge is 0.380 e. The summed E-state index contributed by atoms with van der Waals surface area (Å²) in [5, 5.41) is 10.7. The van der Waals surface area contributed by atoms with Gasteiger partial charge in [0.2, 0.25) is 0 Å². The fourth-order valence-electron chi connectivity index (χ4n) is 2.48. The average Bonchev–Trinajstić information content (AvgIpc) is 2.57. The van der Waals surface area contributed by atoms with Gasteiger partial charge in [0.05, 0.1) is 0 Å². The van der Waals surface area contributed by atoms with Crippen LogP contribution in [0.4, 0.5) is 0 Å². The van der Waals surface area contributed by atoms with Crippen molar-refractivity contribution in [1.82, 2.24) is 0 Å². The van der Waals surface area contributed by atoms with Gasteiger partial charge in [0.1, 0.15) is 5.60 Å². The van der Waals surface area contributed by atoms with Crippen LogP contribution < -0.4 is 5.73 Å². The Morgan fingerprint density at radius 3 is 2.39 bits per heavy atom. The quantitative estimate of drug-likeness (QED) is 0.800. The highest BCUT2D eigenvalue weighted by Gasteiger charge is 2.29. The van der Waals surface area contributed by atoms with Gasteiger partial charge in [-0.2, -0.15) is 0 Å². The molecule has 1 atom stereocenters. The van der Waals surface area contributed by atoms with Gasteiger partial charge in [-0.05, 0) is 28.3 Å². The summed E-state index contributed by atoms with van der Waals surface area (Å²) in [6.45, 7) is 0.175. The first-order valence-corrected chi connectivity index (χ1v) is 6.05. The molecule has 3 rings (SSSR count). The van der Waals surface area contributed by atoms with Crippen molar-refractivity contribution in [2.75, 3.05) is 6.54 Å². The second kappa shape index (κ2) is 4.09. The van der Waals surface area contributed by atoms with E-state index < -0.39 is 5.60 Å². The molecule has 0 saturated heterocycles. The highest BCUT2D eigenvalue weighted by atomic mass is 16.3. The van der Waals surface area contributed by atoms with Crippen molar-refractivity contribution in [1.29, 1.82) is 0 Å². The fraction of sp³-hybridized carbons (Fsp3) is 0.125. The van der Waals surface area contributed by atoms with E-state index in [0.29, 0.717) is 0 Å². The van der Waals surface area contributed by atoms with Gasteiger partial charge in [-0.15, -0.1) is 0 Å². The third-order valence-electron chi connectivity index (χ3n) is 3.49. The number of rotatable bonds is 1. The topological polar surface area (TPSA) is 46.2 Å². The Morgan fingerprint density at radius 2 is 1.61 bits per heavy atom. The van der Waals surface area contributed by atoms with E-state index in [4.69, 9.17) is 5.73 Å². The van der Waals surface area contributed by atoms with E-state index in [1.807, 2.05) is 48.5 Å². The average molecular weight is 237 g/mol. The van der Waals surface area contributed by atoms with Crippen LogP contribution in [0.2, 0.25) is 0 Å². The summed E-state index contributed by atoms with van der Waals surface area (Å²) in [6.07, 6.45) is 3.74. The summed E-state index contributed by atoms with van der Waals surface area (Å²) in [5.74, 6) is 0. The maximum atomic E-state index is 10.7. The third-order valence-corrected chi connectivity index (χ3v) is 3.49. The zero-order valence-electron chi connectivity index (χ0n) is 10.0. The fourth-order valence-corrected chi connectivity index (χ4v) is 2.48. The lowest BCUT2D eigenvalue weighted by Gasteiger charge is -2.24. The number of benzene rings is 2. The normalized spacial score (nSPS) is 21.0. The SMILES string of the molecule is NCC1(O)C=Cc2ccccc2-c2ccccc21. The first kappa shape index (κ1) is 11.2. The van der Waals surface area contributed by atoms with Crippen LogP contribution in [-0.2, 0) is 5.60 Å². The van der Waals surface area contributed by atoms with Crippen molar-refractivity contribution in [2.45, 2.75) is 5.60 Å².